The molecule has 1 amide bonds. The van der Waals surface area contributed by atoms with Crippen LogP contribution in [-0.4, -0.2) is 69.5 Å². The Balaban J connectivity index is 1.99. The van der Waals surface area contributed by atoms with Crippen molar-refractivity contribution in [2.75, 3.05) is 7.11 Å². The molecule has 1 saturated heterocycles. The molecular formula is C22H25NO8. The van der Waals surface area contributed by atoms with Gasteiger partial charge in [0.05, 0.1) is 0 Å². The number of aliphatic hydroxyl groups excluding tert-OH is 3. The fourth-order valence-electron chi connectivity index (χ4n) is 3.81. The average molecular weight is 431 g/mol. The number of nitrogens with one attached hydrogen (secondary N) is 1. The maximum absolute atomic E-state index is 13.1. The molecule has 0 saturated carbocycles. The van der Waals surface area contributed by atoms with Crippen molar-refractivity contribution in [2.24, 2.45) is 0 Å². The monoisotopic (exact) mass is 431 g/mol. The van der Waals surface area contributed by atoms with Gasteiger partial charge in [-0.25, -0.2) is 0 Å². The van der Waals surface area contributed by atoms with Crippen LogP contribution in [0.1, 0.15) is 30.6 Å². The van der Waals surface area contributed by atoms with E-state index < -0.39 is 47.1 Å². The van der Waals surface area contributed by atoms with Gasteiger partial charge in [-0.15, -0.1) is 0 Å². The van der Waals surface area contributed by atoms with Crippen LogP contribution in [0.2, 0.25) is 0 Å². The van der Waals surface area contributed by atoms with Crippen molar-refractivity contribution >= 4 is 17.5 Å². The van der Waals surface area contributed by atoms with E-state index in [4.69, 9.17) is 9.47 Å². The van der Waals surface area contributed by atoms with E-state index >= 15 is 0 Å². The minimum atomic E-state index is -2.53. The molecule has 1 fully saturated rings. The number of allylic oxidation sites excluding steroid dienone is 1. The van der Waals surface area contributed by atoms with Crippen molar-refractivity contribution < 1.29 is 39.2 Å². The topological polar surface area (TPSA) is 142 Å². The Morgan fingerprint density at radius 3 is 2.52 bits per heavy atom. The van der Waals surface area contributed by atoms with Gasteiger partial charge >= 0.3 is 0 Å². The van der Waals surface area contributed by atoms with Gasteiger partial charge in [-0.1, -0.05) is 49.4 Å². The lowest BCUT2D eigenvalue weighted by molar-refractivity contribution is -0.163. The molecule has 31 heavy (non-hydrogen) atoms. The summed E-state index contributed by atoms with van der Waals surface area (Å²) in [6.07, 6.45) is -1.60. The third-order valence-corrected chi connectivity index (χ3v) is 5.58. The smallest absolute Gasteiger partial charge is 0.278 e. The van der Waals surface area contributed by atoms with E-state index in [0.29, 0.717) is 6.42 Å². The molecule has 2 aliphatic rings. The van der Waals surface area contributed by atoms with E-state index in [1.807, 2.05) is 6.92 Å². The second-order valence-corrected chi connectivity index (χ2v) is 7.42. The van der Waals surface area contributed by atoms with E-state index in [2.05, 4.69) is 5.32 Å². The van der Waals surface area contributed by atoms with Crippen molar-refractivity contribution in [1.82, 2.24) is 5.32 Å². The number of carbonyl (C=O) groups excluding carboxylic acids is 3. The zero-order valence-electron chi connectivity index (χ0n) is 17.4. The van der Waals surface area contributed by atoms with Crippen molar-refractivity contribution in [2.45, 2.75) is 49.9 Å². The normalized spacial score (nSPS) is 30.1. The highest BCUT2D eigenvalue weighted by Crippen LogP contribution is 2.44. The van der Waals surface area contributed by atoms with Crippen LogP contribution in [-0.2, 0) is 19.1 Å². The first-order chi connectivity index (χ1) is 14.7. The Kier molecular flexibility index (Phi) is 6.15. The van der Waals surface area contributed by atoms with Gasteiger partial charge in [-0.05, 0) is 13.3 Å². The lowest BCUT2D eigenvalue weighted by Crippen LogP contribution is -2.60. The fourth-order valence-corrected chi connectivity index (χ4v) is 3.81. The Morgan fingerprint density at radius 1 is 1.29 bits per heavy atom. The lowest BCUT2D eigenvalue weighted by atomic mass is 9.85. The molecule has 5 atom stereocenters. The number of hydrogen-bond donors (Lipinski definition) is 4. The molecular weight excluding hydrogens is 406 g/mol. The van der Waals surface area contributed by atoms with Crippen LogP contribution in [0.25, 0.3) is 0 Å². The van der Waals surface area contributed by atoms with Crippen molar-refractivity contribution in [3.63, 3.8) is 0 Å². The standard InChI is InChI=1S/C22H25NO8/c1-4-5-11-14(24)15(25)16-12(2)17(26)21(31-16)19(28)22(30-3,23-20(21)29)18(27)13-9-7-6-8-10-13/h5-11,14-15,19,24-25,28H,4H2,1-3H3,(H,23,29)/t14-,15-,19-,21+,22+/m0/s1. The summed E-state index contributed by atoms with van der Waals surface area (Å²) in [4.78, 5) is 39.2. The fraction of sp³-hybridized carbons (Fsp3) is 0.409. The van der Waals surface area contributed by atoms with Crippen LogP contribution in [0.3, 0.4) is 0 Å². The molecule has 0 aromatic heterocycles. The number of ether oxygens (including phenoxy) is 2. The first kappa shape index (κ1) is 22.8. The van der Waals surface area contributed by atoms with Gasteiger partial charge in [0, 0.05) is 18.2 Å². The molecule has 4 N–H and O–H groups in total. The summed E-state index contributed by atoms with van der Waals surface area (Å²) in [5, 5.41) is 34.0. The summed E-state index contributed by atoms with van der Waals surface area (Å²) in [7, 11) is 1.11. The summed E-state index contributed by atoms with van der Waals surface area (Å²) in [5.41, 5.74) is -4.83. The Hall–Kier alpha value is -2.85. The highest BCUT2D eigenvalue weighted by atomic mass is 16.6. The highest BCUT2D eigenvalue weighted by Gasteiger charge is 2.74. The summed E-state index contributed by atoms with van der Waals surface area (Å²) in [6, 6.07) is 7.82. The number of hydrogen-bond acceptors (Lipinski definition) is 8. The van der Waals surface area contributed by atoms with Crippen LogP contribution in [0, 0.1) is 0 Å². The number of carbonyl (C=O) groups is 3. The Morgan fingerprint density at radius 2 is 1.94 bits per heavy atom. The first-order valence-corrected chi connectivity index (χ1v) is 9.80. The number of amides is 1. The van der Waals surface area contributed by atoms with Gasteiger partial charge in [0.2, 0.25) is 17.3 Å². The van der Waals surface area contributed by atoms with Gasteiger partial charge in [0.15, 0.2) is 6.10 Å². The molecule has 0 aliphatic carbocycles. The summed E-state index contributed by atoms with van der Waals surface area (Å²) in [5.74, 6) is -3.15. The number of ketones is 2. The molecule has 2 heterocycles. The number of methoxy groups -OCH3 is 1. The minimum Gasteiger partial charge on any atom is -0.467 e. The summed E-state index contributed by atoms with van der Waals surface area (Å²) in [6.45, 7) is 3.13. The van der Waals surface area contributed by atoms with Gasteiger partial charge in [-0.2, -0.15) is 0 Å². The zero-order valence-corrected chi connectivity index (χ0v) is 17.4. The summed E-state index contributed by atoms with van der Waals surface area (Å²) < 4.78 is 10.8. The predicted molar refractivity (Wildman–Crippen MR) is 108 cm³/mol. The van der Waals surface area contributed by atoms with Gasteiger partial charge in [0.1, 0.15) is 18.0 Å². The molecule has 0 radical (unpaired) electrons. The van der Waals surface area contributed by atoms with Crippen LogP contribution in [0.4, 0.5) is 0 Å². The number of rotatable bonds is 7. The van der Waals surface area contributed by atoms with Crippen molar-refractivity contribution in [1.29, 1.82) is 0 Å². The Bertz CT molecular complexity index is 956. The maximum atomic E-state index is 13.1. The molecule has 0 unspecified atom stereocenters. The van der Waals surface area contributed by atoms with Crippen LogP contribution in [0.15, 0.2) is 53.8 Å². The predicted octanol–water partition coefficient (Wildman–Crippen LogP) is 0.00280. The lowest BCUT2D eigenvalue weighted by Gasteiger charge is -2.32. The first-order valence-electron chi connectivity index (χ1n) is 9.80. The second kappa shape index (κ2) is 8.35. The van der Waals surface area contributed by atoms with E-state index in [9.17, 15) is 29.7 Å². The maximum Gasteiger partial charge on any atom is 0.278 e. The zero-order chi connectivity index (χ0) is 23.0. The van der Waals surface area contributed by atoms with Crippen LogP contribution >= 0.6 is 0 Å². The van der Waals surface area contributed by atoms with Gasteiger partial charge < -0.3 is 30.1 Å². The Labute approximate surface area is 179 Å². The molecule has 2 aliphatic heterocycles. The molecule has 9 nitrogen and oxygen atoms in total. The van der Waals surface area contributed by atoms with Crippen LogP contribution in [0.5, 0.6) is 0 Å². The number of benzene rings is 1. The molecule has 1 spiro atoms. The SMILES string of the molecule is CCC=C[C@H](O)[C@H](O)C1=C(C)C(=O)[C@]2(O1)C(=O)N[C@@](OC)(C(=O)c1ccccc1)[C@H]2O. The van der Waals surface area contributed by atoms with Crippen molar-refractivity contribution in [3.05, 3.63) is 59.4 Å². The van der Waals surface area contributed by atoms with Crippen molar-refractivity contribution in [3.8, 4) is 0 Å². The van der Waals surface area contributed by atoms with Gasteiger partial charge in [0.25, 0.3) is 11.5 Å². The quantitative estimate of drug-likeness (QED) is 0.269. The molecule has 1 aromatic rings. The molecule has 1 aromatic carbocycles. The second-order valence-electron chi connectivity index (χ2n) is 7.42. The molecule has 9 heteroatoms. The third-order valence-electron chi connectivity index (χ3n) is 5.58. The molecule has 0 bridgehead atoms. The molecule has 3 rings (SSSR count). The van der Waals surface area contributed by atoms with Crippen LogP contribution < -0.4 is 5.32 Å². The molecule has 166 valence electrons. The average Bonchev–Trinajstić information content (AvgIpc) is 3.18. The van der Waals surface area contributed by atoms with Gasteiger partial charge in [-0.3, -0.25) is 14.4 Å². The highest BCUT2D eigenvalue weighted by molar-refractivity contribution is 6.23. The van der Waals surface area contributed by atoms with E-state index in [1.54, 1.807) is 24.3 Å². The largest absolute Gasteiger partial charge is 0.467 e. The van der Waals surface area contributed by atoms with E-state index in [-0.39, 0.29) is 16.9 Å². The van der Waals surface area contributed by atoms with E-state index in [1.165, 1.54) is 25.1 Å². The number of aliphatic hydroxyl groups is 3. The minimum absolute atomic E-state index is 0.135. The number of Topliss-reactive ketones (excluding diaryl/α,β-unsaturated/α-hetero) is 2. The van der Waals surface area contributed by atoms with E-state index in [0.717, 1.165) is 7.11 Å². The summed E-state index contributed by atoms with van der Waals surface area (Å²) >= 11 is 0. The third kappa shape index (κ3) is 3.30.